The van der Waals surface area contributed by atoms with Crippen LogP contribution in [0.25, 0.3) is 0 Å². The monoisotopic (exact) mass is 299 g/mol. The second-order valence-corrected chi connectivity index (χ2v) is 5.63. The minimum atomic E-state index is -0.184. The van der Waals surface area contributed by atoms with E-state index in [4.69, 9.17) is 5.73 Å². The maximum Gasteiger partial charge on any atom is 0.257 e. The molecule has 0 atom stereocenters. The van der Waals surface area contributed by atoms with Crippen molar-refractivity contribution in [1.29, 1.82) is 0 Å². The van der Waals surface area contributed by atoms with Gasteiger partial charge in [0, 0.05) is 16.5 Å². The summed E-state index contributed by atoms with van der Waals surface area (Å²) >= 11 is 1.43. The molecule has 2 rings (SSSR count). The number of thiazole rings is 1. The number of hydrogen-bond acceptors (Lipinski definition) is 4. The Balaban J connectivity index is 2.12. The largest absolute Gasteiger partial charge is 0.320 e. The highest BCUT2D eigenvalue weighted by Gasteiger charge is 2.10. The van der Waals surface area contributed by atoms with Crippen LogP contribution < -0.4 is 11.1 Å². The number of hydrogen-bond donors (Lipinski definition) is 2. The maximum absolute atomic E-state index is 12.2. The van der Waals surface area contributed by atoms with Crippen molar-refractivity contribution in [3.63, 3.8) is 0 Å². The van der Waals surface area contributed by atoms with Gasteiger partial charge in [0.15, 0.2) is 5.13 Å². The van der Waals surface area contributed by atoms with E-state index >= 15 is 0 Å². The van der Waals surface area contributed by atoms with E-state index in [1.54, 1.807) is 18.2 Å². The number of carbonyl (C=O) groups excluding carboxylic acids is 1. The molecule has 2 aromatic rings. The molecule has 0 aliphatic carbocycles. The van der Waals surface area contributed by atoms with Crippen LogP contribution in [0.15, 0.2) is 29.6 Å². The Labute approximate surface area is 128 Å². The molecule has 1 heterocycles. The highest BCUT2D eigenvalue weighted by molar-refractivity contribution is 7.14. The van der Waals surface area contributed by atoms with Crippen LogP contribution in [0, 0.1) is 11.8 Å². The SMILES string of the molecule is CC(C)c1csc(NC(=O)c2cccc(C#CCN)c2)n1. The zero-order chi connectivity index (χ0) is 15.2. The predicted molar refractivity (Wildman–Crippen MR) is 86.5 cm³/mol. The molecule has 5 heteroatoms. The van der Waals surface area contributed by atoms with Crippen molar-refractivity contribution in [3.05, 3.63) is 46.5 Å². The highest BCUT2D eigenvalue weighted by Crippen LogP contribution is 2.22. The molecule has 21 heavy (non-hydrogen) atoms. The van der Waals surface area contributed by atoms with Gasteiger partial charge in [0.1, 0.15) is 0 Å². The number of aromatic nitrogens is 1. The van der Waals surface area contributed by atoms with Gasteiger partial charge in [-0.05, 0) is 24.1 Å². The topological polar surface area (TPSA) is 68.0 Å². The van der Waals surface area contributed by atoms with E-state index in [0.29, 0.717) is 23.2 Å². The van der Waals surface area contributed by atoms with Gasteiger partial charge in [-0.2, -0.15) is 0 Å². The molecular formula is C16H17N3OS. The molecule has 0 bridgehead atoms. The van der Waals surface area contributed by atoms with Crippen molar-refractivity contribution in [3.8, 4) is 11.8 Å². The van der Waals surface area contributed by atoms with Gasteiger partial charge >= 0.3 is 0 Å². The number of carbonyl (C=O) groups is 1. The van der Waals surface area contributed by atoms with E-state index in [0.717, 1.165) is 11.3 Å². The molecule has 0 unspecified atom stereocenters. The first kappa shape index (κ1) is 15.2. The predicted octanol–water partition coefficient (Wildman–Crippen LogP) is 2.83. The van der Waals surface area contributed by atoms with Crippen LogP contribution in [0.2, 0.25) is 0 Å². The molecule has 4 nitrogen and oxygen atoms in total. The molecule has 0 saturated carbocycles. The zero-order valence-corrected chi connectivity index (χ0v) is 12.8. The van der Waals surface area contributed by atoms with E-state index in [9.17, 15) is 4.79 Å². The lowest BCUT2D eigenvalue weighted by Crippen LogP contribution is -2.12. The summed E-state index contributed by atoms with van der Waals surface area (Å²) in [6.07, 6.45) is 0. The molecule has 0 radical (unpaired) electrons. The van der Waals surface area contributed by atoms with Crippen LogP contribution in [0.3, 0.4) is 0 Å². The second-order valence-electron chi connectivity index (χ2n) is 4.77. The van der Waals surface area contributed by atoms with Gasteiger partial charge in [0.05, 0.1) is 12.2 Å². The van der Waals surface area contributed by atoms with Crippen LogP contribution in [-0.4, -0.2) is 17.4 Å². The number of nitrogens with zero attached hydrogens (tertiary/aromatic N) is 1. The summed E-state index contributed by atoms with van der Waals surface area (Å²) in [4.78, 5) is 16.6. The van der Waals surface area contributed by atoms with Crippen LogP contribution in [0.1, 0.15) is 41.4 Å². The minimum Gasteiger partial charge on any atom is -0.320 e. The summed E-state index contributed by atoms with van der Waals surface area (Å²) in [5, 5.41) is 5.39. The van der Waals surface area contributed by atoms with Crippen molar-refractivity contribution in [2.24, 2.45) is 5.73 Å². The third-order valence-corrected chi connectivity index (χ3v) is 3.57. The summed E-state index contributed by atoms with van der Waals surface area (Å²) in [7, 11) is 0. The zero-order valence-electron chi connectivity index (χ0n) is 12.0. The van der Waals surface area contributed by atoms with E-state index in [2.05, 4.69) is 36.0 Å². The highest BCUT2D eigenvalue weighted by atomic mass is 32.1. The first-order chi connectivity index (χ1) is 10.1. The Morgan fingerprint density at radius 1 is 1.48 bits per heavy atom. The van der Waals surface area contributed by atoms with E-state index in [1.807, 2.05) is 11.4 Å². The standard InChI is InChI=1S/C16H17N3OS/c1-11(2)14-10-21-16(18-14)19-15(20)13-7-3-5-12(9-13)6-4-8-17/h3,5,7,9-11H,8,17H2,1-2H3,(H,18,19,20). The molecule has 108 valence electrons. The molecule has 0 aliphatic rings. The molecule has 1 amide bonds. The van der Waals surface area contributed by atoms with Crippen molar-refractivity contribution >= 4 is 22.4 Å². The lowest BCUT2D eigenvalue weighted by Gasteiger charge is -2.02. The van der Waals surface area contributed by atoms with Gasteiger partial charge < -0.3 is 5.73 Å². The molecule has 0 fully saturated rings. The molecule has 1 aromatic heterocycles. The van der Waals surface area contributed by atoms with Crippen molar-refractivity contribution < 1.29 is 4.79 Å². The van der Waals surface area contributed by atoms with Gasteiger partial charge in [-0.1, -0.05) is 31.8 Å². The number of benzene rings is 1. The third-order valence-electron chi connectivity index (χ3n) is 2.79. The Bertz CT molecular complexity index is 695. The smallest absolute Gasteiger partial charge is 0.257 e. The fourth-order valence-corrected chi connectivity index (χ4v) is 2.54. The molecular weight excluding hydrogens is 282 g/mol. The average Bonchev–Trinajstić information content (AvgIpc) is 2.94. The van der Waals surface area contributed by atoms with Crippen LogP contribution >= 0.6 is 11.3 Å². The number of amides is 1. The molecule has 0 aliphatic heterocycles. The average molecular weight is 299 g/mol. The van der Waals surface area contributed by atoms with Gasteiger partial charge in [0.25, 0.3) is 5.91 Å². The Kier molecular flexibility index (Phi) is 5.09. The minimum absolute atomic E-state index is 0.184. The summed E-state index contributed by atoms with van der Waals surface area (Å²) in [6, 6.07) is 7.14. The number of anilines is 1. The maximum atomic E-state index is 12.2. The number of rotatable bonds is 3. The molecule has 0 saturated heterocycles. The van der Waals surface area contributed by atoms with Crippen LogP contribution in [-0.2, 0) is 0 Å². The lowest BCUT2D eigenvalue weighted by atomic mass is 10.1. The Morgan fingerprint density at radius 2 is 2.29 bits per heavy atom. The van der Waals surface area contributed by atoms with Crippen molar-refractivity contribution in [1.82, 2.24) is 4.98 Å². The summed E-state index contributed by atoms with van der Waals surface area (Å²) in [5.41, 5.74) is 7.66. The summed E-state index contributed by atoms with van der Waals surface area (Å²) in [5.74, 6) is 5.85. The molecule has 0 spiro atoms. The Morgan fingerprint density at radius 3 is 2.95 bits per heavy atom. The fourth-order valence-electron chi connectivity index (χ4n) is 1.67. The fraction of sp³-hybridized carbons (Fsp3) is 0.250. The Hall–Kier alpha value is -2.16. The van der Waals surface area contributed by atoms with Gasteiger partial charge in [-0.25, -0.2) is 4.98 Å². The second kappa shape index (κ2) is 7.02. The number of nitrogens with one attached hydrogen (secondary N) is 1. The number of nitrogens with two attached hydrogens (primary N) is 1. The van der Waals surface area contributed by atoms with Crippen molar-refractivity contribution in [2.45, 2.75) is 19.8 Å². The van der Waals surface area contributed by atoms with Crippen molar-refractivity contribution in [2.75, 3.05) is 11.9 Å². The quantitative estimate of drug-likeness (QED) is 0.856. The lowest BCUT2D eigenvalue weighted by molar-refractivity contribution is 0.102. The molecule has 3 N–H and O–H groups in total. The van der Waals surface area contributed by atoms with Crippen LogP contribution in [0.5, 0.6) is 0 Å². The third kappa shape index (κ3) is 4.15. The van der Waals surface area contributed by atoms with Crippen LogP contribution in [0.4, 0.5) is 5.13 Å². The molecule has 1 aromatic carbocycles. The summed E-state index contributed by atoms with van der Waals surface area (Å²) < 4.78 is 0. The van der Waals surface area contributed by atoms with Gasteiger partial charge in [-0.15, -0.1) is 11.3 Å². The van der Waals surface area contributed by atoms with Gasteiger partial charge in [0.2, 0.25) is 0 Å². The van der Waals surface area contributed by atoms with E-state index in [-0.39, 0.29) is 5.91 Å². The first-order valence-corrected chi connectivity index (χ1v) is 7.54. The normalized spacial score (nSPS) is 10.1. The van der Waals surface area contributed by atoms with E-state index < -0.39 is 0 Å². The summed E-state index contributed by atoms with van der Waals surface area (Å²) in [6.45, 7) is 4.44. The first-order valence-electron chi connectivity index (χ1n) is 6.66. The van der Waals surface area contributed by atoms with E-state index in [1.165, 1.54) is 11.3 Å². The van der Waals surface area contributed by atoms with Gasteiger partial charge in [-0.3, -0.25) is 10.1 Å².